The van der Waals surface area contributed by atoms with Crippen molar-refractivity contribution in [3.63, 3.8) is 0 Å². The van der Waals surface area contributed by atoms with Crippen LogP contribution in [-0.4, -0.2) is 49.1 Å². The molecule has 1 aromatic heterocycles. The summed E-state index contributed by atoms with van der Waals surface area (Å²) < 4.78 is 0. The number of hydrogen-bond acceptors (Lipinski definition) is 4. The lowest BCUT2D eigenvalue weighted by Gasteiger charge is -2.26. The monoisotopic (exact) mass is 248 g/mol. The van der Waals surface area contributed by atoms with Crippen LogP contribution in [0.4, 0.5) is 5.82 Å². The minimum absolute atomic E-state index is 0.905. The zero-order chi connectivity index (χ0) is 13.1. The zero-order valence-electron chi connectivity index (χ0n) is 12.0. The highest BCUT2D eigenvalue weighted by Crippen LogP contribution is 2.27. The predicted octanol–water partition coefficient (Wildman–Crippen LogP) is 1.66. The second-order valence-corrected chi connectivity index (χ2v) is 5.45. The number of aromatic nitrogens is 2. The molecule has 2 rings (SSSR count). The highest BCUT2D eigenvalue weighted by Gasteiger charge is 2.18. The van der Waals surface area contributed by atoms with Gasteiger partial charge in [-0.25, -0.2) is 9.97 Å². The van der Waals surface area contributed by atoms with Gasteiger partial charge in [0.1, 0.15) is 11.6 Å². The summed E-state index contributed by atoms with van der Waals surface area (Å²) in [6.07, 6.45) is 4.79. The van der Waals surface area contributed by atoms with Crippen molar-refractivity contribution in [3.05, 3.63) is 17.1 Å². The lowest BCUT2D eigenvalue weighted by molar-refractivity contribution is 0.416. The minimum atomic E-state index is 0.905. The molecule has 0 fully saturated rings. The molecular weight excluding hydrogens is 224 g/mol. The van der Waals surface area contributed by atoms with Crippen molar-refractivity contribution in [2.24, 2.45) is 0 Å². The van der Waals surface area contributed by atoms with E-state index in [-0.39, 0.29) is 0 Å². The fraction of sp³-hybridized carbons (Fsp3) is 0.714. The maximum absolute atomic E-state index is 4.66. The van der Waals surface area contributed by atoms with Crippen LogP contribution < -0.4 is 4.90 Å². The number of rotatable bonds is 4. The molecule has 1 heterocycles. The Labute approximate surface area is 110 Å². The number of fused-ring (bicyclic) bond motifs is 1. The van der Waals surface area contributed by atoms with E-state index in [1.165, 1.54) is 24.1 Å². The molecule has 1 aliphatic carbocycles. The Morgan fingerprint density at radius 1 is 1.00 bits per heavy atom. The summed E-state index contributed by atoms with van der Waals surface area (Å²) in [5.74, 6) is 2.06. The molecule has 0 N–H and O–H groups in total. The van der Waals surface area contributed by atoms with E-state index in [1.807, 2.05) is 6.92 Å². The Hall–Kier alpha value is -1.16. The van der Waals surface area contributed by atoms with E-state index in [4.69, 9.17) is 0 Å². The summed E-state index contributed by atoms with van der Waals surface area (Å²) >= 11 is 0. The number of likely N-dealkylation sites (N-methyl/N-ethyl adjacent to an activating group) is 2. The molecule has 0 aliphatic heterocycles. The molecule has 0 atom stereocenters. The van der Waals surface area contributed by atoms with E-state index < -0.39 is 0 Å². The Bertz CT molecular complexity index is 415. The Morgan fingerprint density at radius 2 is 1.72 bits per heavy atom. The Morgan fingerprint density at radius 3 is 2.44 bits per heavy atom. The second-order valence-electron chi connectivity index (χ2n) is 5.45. The van der Waals surface area contributed by atoms with Crippen molar-refractivity contribution >= 4 is 5.82 Å². The molecule has 1 aliphatic rings. The van der Waals surface area contributed by atoms with Gasteiger partial charge in [0.2, 0.25) is 0 Å². The summed E-state index contributed by atoms with van der Waals surface area (Å²) in [7, 11) is 6.35. The van der Waals surface area contributed by atoms with E-state index in [0.29, 0.717) is 0 Å². The van der Waals surface area contributed by atoms with Gasteiger partial charge in [0.25, 0.3) is 0 Å². The van der Waals surface area contributed by atoms with Crippen LogP contribution in [0.1, 0.15) is 29.9 Å². The van der Waals surface area contributed by atoms with Gasteiger partial charge in [-0.1, -0.05) is 0 Å². The average molecular weight is 248 g/mol. The highest BCUT2D eigenvalue weighted by molar-refractivity contribution is 5.49. The van der Waals surface area contributed by atoms with Crippen LogP contribution in [0.15, 0.2) is 0 Å². The number of aryl methyl sites for hydroxylation is 2. The van der Waals surface area contributed by atoms with Crippen LogP contribution in [0.3, 0.4) is 0 Å². The molecule has 1 aromatic rings. The molecule has 0 radical (unpaired) electrons. The number of anilines is 1. The molecule has 18 heavy (non-hydrogen) atoms. The fourth-order valence-electron chi connectivity index (χ4n) is 2.47. The van der Waals surface area contributed by atoms with Crippen LogP contribution in [0.2, 0.25) is 0 Å². The minimum Gasteiger partial charge on any atom is -0.358 e. The van der Waals surface area contributed by atoms with Gasteiger partial charge in [-0.3, -0.25) is 0 Å². The lowest BCUT2D eigenvalue weighted by atomic mass is 9.96. The van der Waals surface area contributed by atoms with E-state index in [1.54, 1.807) is 0 Å². The molecule has 4 nitrogen and oxygen atoms in total. The van der Waals surface area contributed by atoms with Crippen molar-refractivity contribution in [1.82, 2.24) is 14.9 Å². The molecule has 4 heteroatoms. The molecule has 0 unspecified atom stereocenters. The van der Waals surface area contributed by atoms with Gasteiger partial charge in [-0.05, 0) is 46.7 Å². The third kappa shape index (κ3) is 2.99. The van der Waals surface area contributed by atoms with Crippen LogP contribution in [0, 0.1) is 6.92 Å². The fourth-order valence-corrected chi connectivity index (χ4v) is 2.47. The molecule has 0 saturated carbocycles. The molecule has 0 spiro atoms. The maximum Gasteiger partial charge on any atom is 0.135 e. The van der Waals surface area contributed by atoms with Gasteiger partial charge in [0.15, 0.2) is 0 Å². The normalized spacial score (nSPS) is 14.7. The number of nitrogens with zero attached hydrogens (tertiary/aromatic N) is 4. The van der Waals surface area contributed by atoms with Crippen molar-refractivity contribution in [3.8, 4) is 0 Å². The Balaban J connectivity index is 2.23. The summed E-state index contributed by atoms with van der Waals surface area (Å²) in [5, 5.41) is 0. The first-order valence-corrected chi connectivity index (χ1v) is 6.80. The van der Waals surface area contributed by atoms with E-state index >= 15 is 0 Å². The van der Waals surface area contributed by atoms with Gasteiger partial charge in [-0.15, -0.1) is 0 Å². The van der Waals surface area contributed by atoms with Gasteiger partial charge >= 0.3 is 0 Å². The third-order valence-electron chi connectivity index (χ3n) is 3.52. The van der Waals surface area contributed by atoms with E-state index in [0.717, 1.165) is 37.6 Å². The molecule has 0 amide bonds. The summed E-state index contributed by atoms with van der Waals surface area (Å²) in [6, 6.07) is 0. The van der Waals surface area contributed by atoms with Crippen molar-refractivity contribution in [1.29, 1.82) is 0 Å². The van der Waals surface area contributed by atoms with Gasteiger partial charge in [0, 0.05) is 31.4 Å². The predicted molar refractivity (Wildman–Crippen MR) is 75.2 cm³/mol. The third-order valence-corrected chi connectivity index (χ3v) is 3.52. The molecule has 0 aromatic carbocycles. The largest absolute Gasteiger partial charge is 0.358 e. The van der Waals surface area contributed by atoms with Crippen molar-refractivity contribution in [2.45, 2.75) is 32.6 Å². The second kappa shape index (κ2) is 5.65. The first kappa shape index (κ1) is 13.3. The SMILES string of the molecule is Cc1nc2c(c(N(C)CCN(C)C)n1)CCCC2. The van der Waals surface area contributed by atoms with Crippen molar-refractivity contribution < 1.29 is 0 Å². The van der Waals surface area contributed by atoms with Crippen LogP contribution >= 0.6 is 0 Å². The first-order chi connectivity index (χ1) is 8.58. The van der Waals surface area contributed by atoms with Gasteiger partial charge in [-0.2, -0.15) is 0 Å². The van der Waals surface area contributed by atoms with Crippen LogP contribution in [0.25, 0.3) is 0 Å². The summed E-state index contributed by atoms with van der Waals surface area (Å²) in [6.45, 7) is 4.06. The van der Waals surface area contributed by atoms with Gasteiger partial charge < -0.3 is 9.80 Å². The zero-order valence-corrected chi connectivity index (χ0v) is 12.0. The molecule has 100 valence electrons. The lowest BCUT2D eigenvalue weighted by Crippen LogP contribution is -2.30. The van der Waals surface area contributed by atoms with Crippen LogP contribution in [0.5, 0.6) is 0 Å². The van der Waals surface area contributed by atoms with Crippen molar-refractivity contribution in [2.75, 3.05) is 39.1 Å². The summed E-state index contributed by atoms with van der Waals surface area (Å²) in [4.78, 5) is 13.7. The van der Waals surface area contributed by atoms with Gasteiger partial charge in [0.05, 0.1) is 0 Å². The Kier molecular flexibility index (Phi) is 4.17. The molecular formula is C14H24N4. The molecule has 0 saturated heterocycles. The first-order valence-electron chi connectivity index (χ1n) is 6.80. The number of hydrogen-bond donors (Lipinski definition) is 0. The maximum atomic E-state index is 4.66. The van der Waals surface area contributed by atoms with E-state index in [2.05, 4.69) is 40.9 Å². The quantitative estimate of drug-likeness (QED) is 0.811. The average Bonchev–Trinajstić information content (AvgIpc) is 2.34. The van der Waals surface area contributed by atoms with E-state index in [9.17, 15) is 0 Å². The highest BCUT2D eigenvalue weighted by atomic mass is 15.2. The standard InChI is InChI=1S/C14H24N4/c1-11-15-13-8-6-5-7-12(13)14(16-11)18(4)10-9-17(2)3/h5-10H2,1-4H3. The topological polar surface area (TPSA) is 32.3 Å². The molecule has 0 bridgehead atoms. The smallest absolute Gasteiger partial charge is 0.135 e. The summed E-state index contributed by atoms with van der Waals surface area (Å²) in [5.41, 5.74) is 2.66. The van der Waals surface area contributed by atoms with Crippen LogP contribution in [-0.2, 0) is 12.8 Å².